The fourth-order valence-corrected chi connectivity index (χ4v) is 2.37. The highest BCUT2D eigenvalue weighted by molar-refractivity contribution is 9.10. The zero-order valence-electron chi connectivity index (χ0n) is 10.4. The van der Waals surface area contributed by atoms with Crippen molar-refractivity contribution in [2.75, 3.05) is 18.5 Å². The number of hydrogen-bond acceptors (Lipinski definition) is 3. The average molecular weight is 296 g/mol. The van der Waals surface area contributed by atoms with E-state index in [-0.39, 0.29) is 12.0 Å². The maximum atomic E-state index is 8.81. The molecule has 1 aromatic rings. The minimum atomic E-state index is 0.0139. The summed E-state index contributed by atoms with van der Waals surface area (Å²) >= 11 is 3.55. The van der Waals surface area contributed by atoms with Crippen molar-refractivity contribution in [3.8, 4) is 6.07 Å². The van der Waals surface area contributed by atoms with E-state index in [0.717, 1.165) is 15.7 Å². The molecule has 0 fully saturated rings. The first-order chi connectivity index (χ1) is 7.95. The molecule has 4 heteroatoms. The summed E-state index contributed by atoms with van der Waals surface area (Å²) in [5, 5.41) is 8.81. The number of hydrogen-bond donors (Lipinski definition) is 1. The van der Waals surface area contributed by atoms with Gasteiger partial charge in [-0.15, -0.1) is 0 Å². The minimum absolute atomic E-state index is 0.0139. The monoisotopic (exact) mass is 295 g/mol. The van der Waals surface area contributed by atoms with Gasteiger partial charge in [0.1, 0.15) is 0 Å². The van der Waals surface area contributed by atoms with Crippen LogP contribution in [0.25, 0.3) is 0 Å². The number of anilines is 1. The molecule has 0 aromatic heterocycles. The second-order valence-electron chi connectivity index (χ2n) is 4.41. The lowest BCUT2D eigenvalue weighted by atomic mass is 10.1. The van der Waals surface area contributed by atoms with Crippen molar-refractivity contribution in [2.45, 2.75) is 19.9 Å². The molecule has 1 aromatic carbocycles. The van der Waals surface area contributed by atoms with Gasteiger partial charge in [-0.25, -0.2) is 0 Å². The van der Waals surface area contributed by atoms with Crippen LogP contribution in [0.15, 0.2) is 22.7 Å². The Kier molecular flexibility index (Phi) is 4.98. The van der Waals surface area contributed by atoms with E-state index < -0.39 is 0 Å². The number of halogens is 1. The van der Waals surface area contributed by atoms with Crippen molar-refractivity contribution in [1.29, 1.82) is 5.26 Å². The molecule has 0 heterocycles. The number of rotatable bonds is 4. The van der Waals surface area contributed by atoms with Gasteiger partial charge in [0, 0.05) is 24.1 Å². The molecule has 3 nitrogen and oxygen atoms in total. The molecule has 92 valence electrons. The molecule has 0 aliphatic carbocycles. The van der Waals surface area contributed by atoms with Crippen LogP contribution in [0.3, 0.4) is 0 Å². The van der Waals surface area contributed by atoms with Crippen molar-refractivity contribution >= 4 is 21.6 Å². The molecule has 0 saturated carbocycles. The second kappa shape index (κ2) is 6.04. The van der Waals surface area contributed by atoms with Crippen LogP contribution in [-0.4, -0.2) is 13.6 Å². The van der Waals surface area contributed by atoms with Crippen LogP contribution < -0.4 is 10.6 Å². The molecule has 0 amide bonds. The van der Waals surface area contributed by atoms with Gasteiger partial charge < -0.3 is 10.6 Å². The second-order valence-corrected chi connectivity index (χ2v) is 5.26. The van der Waals surface area contributed by atoms with Gasteiger partial charge in [-0.2, -0.15) is 5.26 Å². The van der Waals surface area contributed by atoms with Crippen LogP contribution in [0.2, 0.25) is 0 Å². The molecule has 2 unspecified atom stereocenters. The van der Waals surface area contributed by atoms with Crippen LogP contribution >= 0.6 is 15.9 Å². The molecule has 2 atom stereocenters. The molecular weight excluding hydrogens is 278 g/mol. The van der Waals surface area contributed by atoms with Gasteiger partial charge in [-0.1, -0.05) is 6.07 Å². The summed E-state index contributed by atoms with van der Waals surface area (Å²) in [6.07, 6.45) is 0. The molecule has 0 aliphatic heterocycles. The molecule has 0 spiro atoms. The third-order valence-corrected chi connectivity index (χ3v) is 3.31. The van der Waals surface area contributed by atoms with Crippen molar-refractivity contribution in [3.63, 3.8) is 0 Å². The quantitative estimate of drug-likeness (QED) is 0.929. The average Bonchev–Trinajstić information content (AvgIpc) is 2.28. The summed E-state index contributed by atoms with van der Waals surface area (Å²) < 4.78 is 1.01. The molecule has 17 heavy (non-hydrogen) atoms. The maximum Gasteiger partial charge on any atom is 0.0671 e. The normalized spacial score (nSPS) is 13.9. The van der Waals surface area contributed by atoms with Crippen LogP contribution in [0.5, 0.6) is 0 Å². The predicted molar refractivity (Wildman–Crippen MR) is 74.8 cm³/mol. The van der Waals surface area contributed by atoms with Crippen molar-refractivity contribution < 1.29 is 0 Å². The van der Waals surface area contributed by atoms with Gasteiger partial charge in [-0.3, -0.25) is 0 Å². The number of nitrogens with zero attached hydrogens (tertiary/aromatic N) is 2. The predicted octanol–water partition coefficient (Wildman–Crippen LogP) is 3.06. The summed E-state index contributed by atoms with van der Waals surface area (Å²) in [5.41, 5.74) is 8.01. The highest BCUT2D eigenvalue weighted by atomic mass is 79.9. The Morgan fingerprint density at radius 3 is 2.59 bits per heavy atom. The Morgan fingerprint density at radius 2 is 2.12 bits per heavy atom. The van der Waals surface area contributed by atoms with Crippen molar-refractivity contribution in [1.82, 2.24) is 0 Å². The topological polar surface area (TPSA) is 53.0 Å². The van der Waals surface area contributed by atoms with Gasteiger partial charge in [-0.05, 0) is 47.5 Å². The maximum absolute atomic E-state index is 8.81. The summed E-state index contributed by atoms with van der Waals surface area (Å²) in [6.45, 7) is 4.59. The lowest BCUT2D eigenvalue weighted by molar-refractivity contribution is 0.715. The van der Waals surface area contributed by atoms with E-state index in [0.29, 0.717) is 6.54 Å². The van der Waals surface area contributed by atoms with Crippen molar-refractivity contribution in [3.05, 3.63) is 28.2 Å². The van der Waals surface area contributed by atoms with E-state index >= 15 is 0 Å². The van der Waals surface area contributed by atoms with E-state index in [4.69, 9.17) is 11.0 Å². The highest BCUT2D eigenvalue weighted by Gasteiger charge is 2.10. The third kappa shape index (κ3) is 3.72. The fourth-order valence-electron chi connectivity index (χ4n) is 1.67. The fraction of sp³-hybridized carbons (Fsp3) is 0.462. The largest absolute Gasteiger partial charge is 0.372 e. The van der Waals surface area contributed by atoms with Crippen LogP contribution in [-0.2, 0) is 0 Å². The number of nitrogens with two attached hydrogens (primary N) is 1. The van der Waals surface area contributed by atoms with Gasteiger partial charge in [0.25, 0.3) is 0 Å². The first-order valence-corrected chi connectivity index (χ1v) is 6.40. The Morgan fingerprint density at radius 1 is 1.47 bits per heavy atom. The molecule has 0 bridgehead atoms. The zero-order valence-corrected chi connectivity index (χ0v) is 12.0. The minimum Gasteiger partial charge on any atom is -0.372 e. The van der Waals surface area contributed by atoms with E-state index in [1.165, 1.54) is 0 Å². The smallest absolute Gasteiger partial charge is 0.0671 e. The van der Waals surface area contributed by atoms with E-state index in [2.05, 4.69) is 26.9 Å². The van der Waals surface area contributed by atoms with Crippen LogP contribution in [0.1, 0.15) is 25.5 Å². The highest BCUT2D eigenvalue weighted by Crippen LogP contribution is 2.28. The van der Waals surface area contributed by atoms with Crippen LogP contribution in [0.4, 0.5) is 5.69 Å². The summed E-state index contributed by atoms with van der Waals surface area (Å²) in [7, 11) is 1.99. The van der Waals surface area contributed by atoms with Gasteiger partial charge in [0.15, 0.2) is 0 Å². The molecule has 2 N–H and O–H groups in total. The lowest BCUT2D eigenvalue weighted by Crippen LogP contribution is -2.23. The Balaban J connectivity index is 2.89. The molecule has 0 aliphatic rings. The van der Waals surface area contributed by atoms with E-state index in [1.54, 1.807) is 0 Å². The third-order valence-electron chi connectivity index (χ3n) is 2.68. The van der Waals surface area contributed by atoms with Gasteiger partial charge in [0.05, 0.1) is 17.7 Å². The number of nitriles is 1. The SMILES string of the molecule is CC(C#N)CN(C)c1ccc(C(C)N)cc1Br. The summed E-state index contributed by atoms with van der Waals surface area (Å²) in [4.78, 5) is 2.07. The molecule has 1 rings (SSSR count). The lowest BCUT2D eigenvalue weighted by Gasteiger charge is -2.22. The van der Waals surface area contributed by atoms with Gasteiger partial charge >= 0.3 is 0 Å². The Labute approximate surface area is 111 Å². The van der Waals surface area contributed by atoms with E-state index in [9.17, 15) is 0 Å². The van der Waals surface area contributed by atoms with Gasteiger partial charge in [0.2, 0.25) is 0 Å². The molecule has 0 radical (unpaired) electrons. The zero-order chi connectivity index (χ0) is 13.0. The molecular formula is C13H18BrN3. The standard InChI is InChI=1S/C13H18BrN3/c1-9(7-15)8-17(3)13-5-4-11(10(2)16)6-12(13)14/h4-6,9-10H,8,16H2,1-3H3. The molecule has 0 saturated heterocycles. The Bertz CT molecular complexity index is 423. The Hall–Kier alpha value is -1.05. The van der Waals surface area contributed by atoms with Crippen molar-refractivity contribution in [2.24, 2.45) is 11.7 Å². The first kappa shape index (κ1) is 14.0. The summed E-state index contributed by atoms with van der Waals surface area (Å²) in [5.74, 6) is 0.0139. The van der Waals surface area contributed by atoms with Crippen LogP contribution in [0, 0.1) is 17.2 Å². The first-order valence-electron chi connectivity index (χ1n) is 5.61. The number of benzene rings is 1. The summed E-state index contributed by atoms with van der Waals surface area (Å²) in [6, 6.07) is 8.36. The van der Waals surface area contributed by atoms with E-state index in [1.807, 2.05) is 39.1 Å².